The number of imide groups is 1. The molecule has 10 nitrogen and oxygen atoms in total. The summed E-state index contributed by atoms with van der Waals surface area (Å²) in [5.41, 5.74) is 0.0662. The Hall–Kier alpha value is -3.60. The molecule has 0 aliphatic rings. The SMILES string of the molecule is CCCCNC(=O)NC(=O)COC(=O)c1cc(OC)c(OC)cc1NC(=O)c1cccs1. The molecule has 0 fully saturated rings. The van der Waals surface area contributed by atoms with Crippen molar-refractivity contribution in [1.82, 2.24) is 10.6 Å². The molecule has 3 N–H and O–H groups in total. The maximum absolute atomic E-state index is 12.7. The first-order valence-electron chi connectivity index (χ1n) is 9.75. The van der Waals surface area contributed by atoms with Crippen molar-refractivity contribution in [2.24, 2.45) is 0 Å². The number of unbranched alkanes of at least 4 members (excludes halogenated alkanes) is 1. The number of hydrogen-bond acceptors (Lipinski definition) is 8. The number of ether oxygens (including phenoxy) is 3. The van der Waals surface area contributed by atoms with Gasteiger partial charge in [-0.05, 0) is 17.9 Å². The summed E-state index contributed by atoms with van der Waals surface area (Å²) >= 11 is 1.23. The minimum atomic E-state index is -0.894. The largest absolute Gasteiger partial charge is 0.493 e. The number of amides is 4. The van der Waals surface area contributed by atoms with Gasteiger partial charge in [0.1, 0.15) is 0 Å². The molecule has 0 spiro atoms. The van der Waals surface area contributed by atoms with E-state index in [1.807, 2.05) is 6.92 Å². The number of benzene rings is 1. The summed E-state index contributed by atoms with van der Waals surface area (Å²) in [4.78, 5) is 49.1. The second-order valence-corrected chi connectivity index (χ2v) is 7.37. The molecule has 1 aromatic carbocycles. The molecule has 1 heterocycles. The van der Waals surface area contributed by atoms with E-state index in [1.54, 1.807) is 17.5 Å². The van der Waals surface area contributed by atoms with E-state index < -0.39 is 30.4 Å². The number of thiophene rings is 1. The van der Waals surface area contributed by atoms with Crippen LogP contribution in [0.15, 0.2) is 29.6 Å². The average Bonchev–Trinajstić information content (AvgIpc) is 3.32. The van der Waals surface area contributed by atoms with Crippen LogP contribution in [0.4, 0.5) is 10.5 Å². The third-order valence-corrected chi connectivity index (χ3v) is 5.01. The van der Waals surface area contributed by atoms with Crippen molar-refractivity contribution in [3.05, 3.63) is 40.1 Å². The van der Waals surface area contributed by atoms with Gasteiger partial charge < -0.3 is 24.8 Å². The summed E-state index contributed by atoms with van der Waals surface area (Å²) in [6.45, 7) is 1.70. The molecule has 32 heavy (non-hydrogen) atoms. The van der Waals surface area contributed by atoms with Crippen LogP contribution in [-0.4, -0.2) is 51.2 Å². The van der Waals surface area contributed by atoms with E-state index in [9.17, 15) is 19.2 Å². The number of urea groups is 1. The Kier molecular flexibility index (Phi) is 9.48. The zero-order valence-electron chi connectivity index (χ0n) is 18.0. The van der Waals surface area contributed by atoms with Crippen molar-refractivity contribution in [2.45, 2.75) is 19.8 Å². The molecular formula is C21H25N3O7S. The predicted molar refractivity (Wildman–Crippen MR) is 119 cm³/mol. The third-order valence-electron chi connectivity index (χ3n) is 4.14. The van der Waals surface area contributed by atoms with E-state index in [0.717, 1.165) is 12.8 Å². The van der Waals surface area contributed by atoms with Gasteiger partial charge in [-0.1, -0.05) is 19.4 Å². The van der Waals surface area contributed by atoms with E-state index in [1.165, 1.54) is 37.7 Å². The predicted octanol–water partition coefficient (Wildman–Crippen LogP) is 2.80. The molecule has 4 amide bonds. The summed E-state index contributed by atoms with van der Waals surface area (Å²) in [7, 11) is 2.80. The van der Waals surface area contributed by atoms with Gasteiger partial charge in [-0.3, -0.25) is 14.9 Å². The molecule has 0 radical (unpaired) electrons. The smallest absolute Gasteiger partial charge is 0.340 e. The van der Waals surface area contributed by atoms with E-state index in [4.69, 9.17) is 14.2 Å². The number of rotatable bonds is 10. The summed E-state index contributed by atoms with van der Waals surface area (Å²) in [6.07, 6.45) is 1.67. The molecule has 0 saturated heterocycles. The van der Waals surface area contributed by atoms with Gasteiger partial charge in [-0.15, -0.1) is 11.3 Å². The van der Waals surface area contributed by atoms with E-state index in [-0.39, 0.29) is 22.7 Å². The Morgan fingerprint density at radius 3 is 2.41 bits per heavy atom. The van der Waals surface area contributed by atoms with E-state index in [0.29, 0.717) is 11.4 Å². The highest BCUT2D eigenvalue weighted by Crippen LogP contribution is 2.34. The second-order valence-electron chi connectivity index (χ2n) is 6.42. The van der Waals surface area contributed by atoms with Gasteiger partial charge >= 0.3 is 12.0 Å². The maximum atomic E-state index is 12.7. The Balaban J connectivity index is 2.11. The summed E-state index contributed by atoms with van der Waals surface area (Å²) < 4.78 is 15.5. The van der Waals surface area contributed by atoms with Crippen LogP contribution in [0.1, 0.15) is 39.8 Å². The quantitative estimate of drug-likeness (QED) is 0.365. The molecule has 1 aromatic heterocycles. The number of hydrogen-bond donors (Lipinski definition) is 3. The monoisotopic (exact) mass is 463 g/mol. The van der Waals surface area contributed by atoms with Crippen molar-refractivity contribution in [3.8, 4) is 11.5 Å². The van der Waals surface area contributed by atoms with Crippen molar-refractivity contribution < 1.29 is 33.4 Å². The van der Waals surface area contributed by atoms with Crippen molar-refractivity contribution in [3.63, 3.8) is 0 Å². The second kappa shape index (κ2) is 12.3. The normalized spacial score (nSPS) is 10.1. The van der Waals surface area contributed by atoms with Crippen molar-refractivity contribution in [2.75, 3.05) is 32.7 Å². The Morgan fingerprint density at radius 1 is 1.06 bits per heavy atom. The maximum Gasteiger partial charge on any atom is 0.340 e. The lowest BCUT2D eigenvalue weighted by Crippen LogP contribution is -2.41. The van der Waals surface area contributed by atoms with Crippen LogP contribution >= 0.6 is 11.3 Å². The van der Waals surface area contributed by atoms with Gasteiger partial charge in [0.2, 0.25) is 0 Å². The van der Waals surface area contributed by atoms with Crippen LogP contribution in [-0.2, 0) is 9.53 Å². The number of esters is 1. The lowest BCUT2D eigenvalue weighted by Gasteiger charge is -2.15. The number of anilines is 1. The summed E-state index contributed by atoms with van der Waals surface area (Å²) in [6, 6.07) is 5.44. The van der Waals surface area contributed by atoms with Gasteiger partial charge in [-0.2, -0.15) is 0 Å². The fourth-order valence-corrected chi connectivity index (χ4v) is 3.16. The summed E-state index contributed by atoms with van der Waals surface area (Å²) in [5.74, 6) is -1.60. The van der Waals surface area contributed by atoms with E-state index in [2.05, 4.69) is 16.0 Å². The Morgan fingerprint density at radius 2 is 1.78 bits per heavy atom. The first-order valence-corrected chi connectivity index (χ1v) is 10.6. The number of methoxy groups -OCH3 is 2. The van der Waals surface area contributed by atoms with Crippen LogP contribution in [0.25, 0.3) is 0 Å². The first-order chi connectivity index (χ1) is 15.4. The highest BCUT2D eigenvalue weighted by atomic mass is 32.1. The standard InChI is InChI=1S/C21H25N3O7S/c1-4-5-8-22-21(28)24-18(25)12-31-20(27)13-10-15(29-2)16(30-3)11-14(13)23-19(26)17-7-6-9-32-17/h6-7,9-11H,4-5,8,12H2,1-3H3,(H,23,26)(H2,22,24,25,28). The van der Waals surface area contributed by atoms with Crippen molar-refractivity contribution >= 4 is 40.8 Å². The molecule has 2 aromatic rings. The van der Waals surface area contributed by atoms with Crippen LogP contribution in [0, 0.1) is 0 Å². The first kappa shape index (κ1) is 24.7. The van der Waals surface area contributed by atoms with Gasteiger partial charge in [0.15, 0.2) is 18.1 Å². The van der Waals surface area contributed by atoms with Gasteiger partial charge in [0, 0.05) is 18.7 Å². The number of carbonyl (C=O) groups is 4. The van der Waals surface area contributed by atoms with Crippen LogP contribution in [0.5, 0.6) is 11.5 Å². The lowest BCUT2D eigenvalue weighted by atomic mass is 10.1. The van der Waals surface area contributed by atoms with Gasteiger partial charge in [0.05, 0.1) is 30.3 Å². The number of nitrogens with one attached hydrogen (secondary N) is 3. The van der Waals surface area contributed by atoms with E-state index >= 15 is 0 Å². The molecule has 0 saturated carbocycles. The van der Waals surface area contributed by atoms with Crippen LogP contribution < -0.4 is 25.4 Å². The fraction of sp³-hybridized carbons (Fsp3) is 0.333. The average molecular weight is 464 g/mol. The highest BCUT2D eigenvalue weighted by Gasteiger charge is 2.21. The topological polar surface area (TPSA) is 132 Å². The van der Waals surface area contributed by atoms with Gasteiger partial charge in [-0.25, -0.2) is 9.59 Å². The minimum Gasteiger partial charge on any atom is -0.493 e. The zero-order chi connectivity index (χ0) is 23.5. The van der Waals surface area contributed by atoms with Crippen LogP contribution in [0.3, 0.4) is 0 Å². The lowest BCUT2D eigenvalue weighted by molar-refractivity contribution is -0.123. The molecule has 0 atom stereocenters. The molecule has 0 aliphatic heterocycles. The molecule has 172 valence electrons. The molecule has 0 unspecified atom stereocenters. The number of carbonyl (C=O) groups excluding carboxylic acids is 4. The third kappa shape index (κ3) is 6.98. The molecular weight excluding hydrogens is 438 g/mol. The van der Waals surface area contributed by atoms with Gasteiger partial charge in [0.25, 0.3) is 11.8 Å². The molecule has 2 rings (SSSR count). The molecule has 11 heteroatoms. The highest BCUT2D eigenvalue weighted by molar-refractivity contribution is 7.12. The summed E-state index contributed by atoms with van der Waals surface area (Å²) in [5, 5.41) is 8.97. The zero-order valence-corrected chi connectivity index (χ0v) is 18.8. The Labute approximate surface area is 189 Å². The van der Waals surface area contributed by atoms with Crippen LogP contribution in [0.2, 0.25) is 0 Å². The molecule has 0 aliphatic carbocycles. The fourth-order valence-electron chi connectivity index (χ4n) is 2.54. The molecule has 0 bridgehead atoms. The minimum absolute atomic E-state index is 0.0484. The van der Waals surface area contributed by atoms with Crippen molar-refractivity contribution in [1.29, 1.82) is 0 Å². The Bertz CT molecular complexity index is 961.